The molecule has 1 aromatic rings. The van der Waals surface area contributed by atoms with Gasteiger partial charge in [-0.05, 0) is 44.4 Å². The number of carbonyl (C=O) groups is 2. The van der Waals surface area contributed by atoms with Crippen LogP contribution < -0.4 is 5.32 Å². The molecule has 0 saturated heterocycles. The molecular weight excluding hydrogens is 306 g/mol. The Morgan fingerprint density at radius 3 is 2.88 bits per heavy atom. The van der Waals surface area contributed by atoms with Crippen molar-refractivity contribution in [2.24, 2.45) is 0 Å². The Labute approximate surface area is 141 Å². The third kappa shape index (κ3) is 2.82. The second-order valence-electron chi connectivity index (χ2n) is 6.08. The highest BCUT2D eigenvalue weighted by Gasteiger charge is 2.39. The number of esters is 1. The van der Waals surface area contributed by atoms with E-state index in [2.05, 4.69) is 5.32 Å². The van der Waals surface area contributed by atoms with Crippen LogP contribution in [0.15, 0.2) is 46.8 Å². The van der Waals surface area contributed by atoms with Gasteiger partial charge >= 0.3 is 5.97 Å². The SMILES string of the molecule is CCOC(=O)C1=C(C)NC2=C(C(=O)CCC2)[C@@H]1c1cccc(O)c1. The summed E-state index contributed by atoms with van der Waals surface area (Å²) in [6.45, 7) is 3.84. The van der Waals surface area contributed by atoms with Crippen LogP contribution >= 0.6 is 0 Å². The van der Waals surface area contributed by atoms with E-state index < -0.39 is 11.9 Å². The molecule has 0 unspecified atom stereocenters. The van der Waals surface area contributed by atoms with E-state index in [4.69, 9.17) is 4.74 Å². The van der Waals surface area contributed by atoms with Gasteiger partial charge in [0.05, 0.1) is 12.2 Å². The molecule has 0 fully saturated rings. The fraction of sp³-hybridized carbons (Fsp3) is 0.368. The van der Waals surface area contributed by atoms with Crippen LogP contribution in [0, 0.1) is 0 Å². The highest BCUT2D eigenvalue weighted by molar-refractivity contribution is 6.03. The number of phenolic OH excluding ortho intramolecular Hbond substituents is 1. The fourth-order valence-electron chi connectivity index (χ4n) is 3.50. The van der Waals surface area contributed by atoms with Crippen LogP contribution in [0.4, 0.5) is 0 Å². The molecule has 24 heavy (non-hydrogen) atoms. The Morgan fingerprint density at radius 2 is 2.17 bits per heavy atom. The maximum absolute atomic E-state index is 12.6. The average molecular weight is 327 g/mol. The number of aromatic hydroxyl groups is 1. The Morgan fingerprint density at radius 1 is 1.38 bits per heavy atom. The topological polar surface area (TPSA) is 75.6 Å². The number of hydrogen-bond acceptors (Lipinski definition) is 5. The minimum atomic E-state index is -0.500. The van der Waals surface area contributed by atoms with E-state index in [1.807, 2.05) is 13.0 Å². The predicted octanol–water partition coefficient (Wildman–Crippen LogP) is 2.92. The Hall–Kier alpha value is -2.56. The molecule has 1 atom stereocenters. The van der Waals surface area contributed by atoms with Gasteiger partial charge in [-0.25, -0.2) is 4.79 Å². The van der Waals surface area contributed by atoms with Crippen LogP contribution in [0.25, 0.3) is 0 Å². The standard InChI is InChI=1S/C19H21NO4/c1-3-24-19(23)16-11(2)20-14-8-5-9-15(22)18(14)17(16)12-6-4-7-13(21)10-12/h4,6-7,10,17,20-21H,3,5,8-9H2,1-2H3/t17-/m1/s1. The zero-order valence-electron chi connectivity index (χ0n) is 13.9. The summed E-state index contributed by atoms with van der Waals surface area (Å²) in [6.07, 6.45) is 2.06. The van der Waals surface area contributed by atoms with E-state index in [0.29, 0.717) is 23.3 Å². The van der Waals surface area contributed by atoms with Gasteiger partial charge in [-0.2, -0.15) is 0 Å². The van der Waals surface area contributed by atoms with Crippen molar-refractivity contribution in [1.82, 2.24) is 5.32 Å². The first-order valence-electron chi connectivity index (χ1n) is 8.23. The lowest BCUT2D eigenvalue weighted by molar-refractivity contribution is -0.138. The van der Waals surface area contributed by atoms with E-state index in [-0.39, 0.29) is 18.1 Å². The molecule has 1 aliphatic carbocycles. The van der Waals surface area contributed by atoms with Crippen molar-refractivity contribution in [3.63, 3.8) is 0 Å². The van der Waals surface area contributed by atoms with Gasteiger partial charge in [0.2, 0.25) is 0 Å². The maximum Gasteiger partial charge on any atom is 0.336 e. The smallest absolute Gasteiger partial charge is 0.336 e. The van der Waals surface area contributed by atoms with E-state index in [1.165, 1.54) is 0 Å². The Bertz CT molecular complexity index is 760. The molecule has 0 radical (unpaired) electrons. The minimum Gasteiger partial charge on any atom is -0.508 e. The van der Waals surface area contributed by atoms with Gasteiger partial charge in [0.15, 0.2) is 5.78 Å². The van der Waals surface area contributed by atoms with Crippen LogP contribution in [0.1, 0.15) is 44.6 Å². The number of Topliss-reactive ketones (excluding diaryl/α,β-unsaturated/α-hetero) is 1. The number of nitrogens with one attached hydrogen (secondary N) is 1. The quantitative estimate of drug-likeness (QED) is 0.835. The molecule has 1 heterocycles. The zero-order chi connectivity index (χ0) is 17.3. The molecule has 0 bridgehead atoms. The van der Waals surface area contributed by atoms with Gasteiger partial charge in [0.25, 0.3) is 0 Å². The first-order valence-corrected chi connectivity index (χ1v) is 8.23. The largest absolute Gasteiger partial charge is 0.508 e. The van der Waals surface area contributed by atoms with Crippen molar-refractivity contribution in [3.8, 4) is 5.75 Å². The van der Waals surface area contributed by atoms with Gasteiger partial charge in [0.1, 0.15) is 5.75 Å². The van der Waals surface area contributed by atoms with Gasteiger partial charge in [0, 0.05) is 29.3 Å². The van der Waals surface area contributed by atoms with E-state index >= 15 is 0 Å². The van der Waals surface area contributed by atoms with Crippen molar-refractivity contribution >= 4 is 11.8 Å². The normalized spacial score (nSPS) is 20.6. The molecule has 2 N–H and O–H groups in total. The van der Waals surface area contributed by atoms with Crippen molar-refractivity contribution < 1.29 is 19.4 Å². The van der Waals surface area contributed by atoms with Crippen LogP contribution in [0.3, 0.4) is 0 Å². The second kappa shape index (κ2) is 6.51. The van der Waals surface area contributed by atoms with Gasteiger partial charge in [-0.3, -0.25) is 4.79 Å². The fourth-order valence-corrected chi connectivity index (χ4v) is 3.50. The molecule has 1 aliphatic heterocycles. The molecule has 3 rings (SSSR count). The number of benzene rings is 1. The van der Waals surface area contributed by atoms with Crippen LogP contribution in [0.2, 0.25) is 0 Å². The van der Waals surface area contributed by atoms with E-state index in [1.54, 1.807) is 25.1 Å². The molecule has 0 amide bonds. The summed E-state index contributed by atoms with van der Waals surface area (Å²) < 4.78 is 5.22. The molecule has 0 spiro atoms. The van der Waals surface area contributed by atoms with E-state index in [0.717, 1.165) is 24.1 Å². The van der Waals surface area contributed by atoms with Crippen molar-refractivity contribution in [1.29, 1.82) is 0 Å². The number of phenols is 1. The minimum absolute atomic E-state index is 0.0476. The monoisotopic (exact) mass is 327 g/mol. The zero-order valence-corrected chi connectivity index (χ0v) is 13.9. The molecule has 126 valence electrons. The molecule has 5 heteroatoms. The number of rotatable bonds is 3. The summed E-state index contributed by atoms with van der Waals surface area (Å²) in [7, 11) is 0. The molecule has 5 nitrogen and oxygen atoms in total. The number of carbonyl (C=O) groups excluding carboxylic acids is 2. The summed E-state index contributed by atoms with van der Waals surface area (Å²) in [5.74, 6) is -0.773. The highest BCUT2D eigenvalue weighted by Crippen LogP contribution is 2.42. The number of ether oxygens (including phenoxy) is 1. The van der Waals surface area contributed by atoms with Crippen LogP contribution in [-0.2, 0) is 14.3 Å². The summed E-state index contributed by atoms with van der Waals surface area (Å²) in [5.41, 5.74) is 3.37. The third-order valence-corrected chi connectivity index (χ3v) is 4.47. The van der Waals surface area contributed by atoms with E-state index in [9.17, 15) is 14.7 Å². The Balaban J connectivity index is 2.17. The molecule has 0 aromatic heterocycles. The number of hydrogen-bond donors (Lipinski definition) is 2. The van der Waals surface area contributed by atoms with Crippen LogP contribution in [0.5, 0.6) is 5.75 Å². The lowest BCUT2D eigenvalue weighted by Crippen LogP contribution is -2.34. The average Bonchev–Trinajstić information content (AvgIpc) is 2.54. The maximum atomic E-state index is 12.6. The number of allylic oxidation sites excluding steroid dienone is 3. The Kier molecular flexibility index (Phi) is 4.42. The number of dihydropyridines is 1. The highest BCUT2D eigenvalue weighted by atomic mass is 16.5. The molecule has 1 aromatic carbocycles. The lowest BCUT2D eigenvalue weighted by Gasteiger charge is -2.34. The summed E-state index contributed by atoms with van der Waals surface area (Å²) >= 11 is 0. The van der Waals surface area contributed by atoms with Crippen LogP contribution in [-0.4, -0.2) is 23.5 Å². The summed E-state index contributed by atoms with van der Waals surface area (Å²) in [4.78, 5) is 25.1. The molecular formula is C19H21NO4. The van der Waals surface area contributed by atoms with Gasteiger partial charge in [-0.15, -0.1) is 0 Å². The molecule has 0 saturated carbocycles. The van der Waals surface area contributed by atoms with Gasteiger partial charge < -0.3 is 15.2 Å². The molecule has 2 aliphatic rings. The first kappa shape index (κ1) is 16.3. The summed E-state index contributed by atoms with van der Waals surface area (Å²) in [5, 5.41) is 13.1. The van der Waals surface area contributed by atoms with Gasteiger partial charge in [-0.1, -0.05) is 12.1 Å². The van der Waals surface area contributed by atoms with Crippen molar-refractivity contribution in [2.75, 3.05) is 6.61 Å². The third-order valence-electron chi connectivity index (χ3n) is 4.47. The second-order valence-corrected chi connectivity index (χ2v) is 6.08. The summed E-state index contributed by atoms with van der Waals surface area (Å²) in [6, 6.07) is 6.73. The number of ketones is 1. The first-order chi connectivity index (χ1) is 11.5. The predicted molar refractivity (Wildman–Crippen MR) is 89.2 cm³/mol. The lowest BCUT2D eigenvalue weighted by atomic mass is 9.75. The van der Waals surface area contributed by atoms with Crippen molar-refractivity contribution in [2.45, 2.75) is 39.0 Å². The van der Waals surface area contributed by atoms with Crippen molar-refractivity contribution in [3.05, 3.63) is 52.4 Å².